The van der Waals surface area contributed by atoms with E-state index in [1.54, 1.807) is 17.6 Å². The molecule has 0 unspecified atom stereocenters. The van der Waals surface area contributed by atoms with Gasteiger partial charge in [0.1, 0.15) is 11.6 Å². The molecule has 1 aromatic carbocycles. The van der Waals surface area contributed by atoms with Crippen LogP contribution in [0.5, 0.6) is 5.75 Å². The number of halogens is 1. The summed E-state index contributed by atoms with van der Waals surface area (Å²) in [6.45, 7) is 3.72. The molecular formula is C15H16FN3O2S. The van der Waals surface area contributed by atoms with E-state index in [4.69, 9.17) is 4.74 Å². The minimum Gasteiger partial charge on any atom is -0.484 e. The van der Waals surface area contributed by atoms with Crippen LogP contribution in [0.15, 0.2) is 29.4 Å². The number of thiazole rings is 1. The SMILES string of the molecule is Cc1nc(C)c(CC=NNC(=O)COc2ccc(F)cc2)s1. The number of nitrogens with zero attached hydrogens (tertiary/aromatic N) is 2. The van der Waals surface area contributed by atoms with Crippen LogP contribution < -0.4 is 10.2 Å². The third-order valence-corrected chi connectivity index (χ3v) is 3.84. The van der Waals surface area contributed by atoms with Crippen molar-refractivity contribution in [3.63, 3.8) is 0 Å². The summed E-state index contributed by atoms with van der Waals surface area (Å²) in [6, 6.07) is 5.46. The van der Waals surface area contributed by atoms with Gasteiger partial charge in [-0.05, 0) is 38.1 Å². The zero-order chi connectivity index (χ0) is 15.9. The smallest absolute Gasteiger partial charge is 0.277 e. The Balaban J connectivity index is 1.72. The molecule has 1 amide bonds. The number of carbonyl (C=O) groups excluding carboxylic acids is 1. The summed E-state index contributed by atoms with van der Waals surface area (Å²) in [7, 11) is 0. The van der Waals surface area contributed by atoms with E-state index >= 15 is 0 Å². The molecule has 1 aromatic heterocycles. The Morgan fingerprint density at radius 2 is 2.14 bits per heavy atom. The lowest BCUT2D eigenvalue weighted by Gasteiger charge is -2.04. The topological polar surface area (TPSA) is 63.6 Å². The number of hydrazone groups is 1. The molecule has 2 rings (SSSR count). The average molecular weight is 321 g/mol. The maximum atomic E-state index is 12.7. The van der Waals surface area contributed by atoms with Gasteiger partial charge in [-0.15, -0.1) is 11.3 Å². The first-order valence-corrected chi connectivity index (χ1v) is 7.48. The fourth-order valence-corrected chi connectivity index (χ4v) is 2.61. The van der Waals surface area contributed by atoms with Gasteiger partial charge in [0.05, 0.1) is 10.7 Å². The van der Waals surface area contributed by atoms with E-state index < -0.39 is 0 Å². The fourth-order valence-electron chi connectivity index (χ4n) is 1.72. The second kappa shape index (κ2) is 7.65. The molecule has 0 saturated heterocycles. The third-order valence-electron chi connectivity index (χ3n) is 2.74. The molecule has 0 fully saturated rings. The summed E-state index contributed by atoms with van der Waals surface area (Å²) in [4.78, 5) is 17.0. The highest BCUT2D eigenvalue weighted by atomic mass is 32.1. The van der Waals surface area contributed by atoms with Crippen molar-refractivity contribution in [3.05, 3.63) is 45.7 Å². The van der Waals surface area contributed by atoms with Crippen LogP contribution in [0.1, 0.15) is 15.6 Å². The lowest BCUT2D eigenvalue weighted by atomic mass is 10.3. The van der Waals surface area contributed by atoms with Crippen molar-refractivity contribution in [3.8, 4) is 5.75 Å². The fraction of sp³-hybridized carbons (Fsp3) is 0.267. The van der Waals surface area contributed by atoms with E-state index in [-0.39, 0.29) is 18.3 Å². The lowest BCUT2D eigenvalue weighted by Crippen LogP contribution is -2.24. The molecule has 0 bridgehead atoms. The number of benzene rings is 1. The van der Waals surface area contributed by atoms with Crippen molar-refractivity contribution >= 4 is 23.5 Å². The van der Waals surface area contributed by atoms with E-state index in [0.717, 1.165) is 15.6 Å². The number of nitrogens with one attached hydrogen (secondary N) is 1. The first-order valence-electron chi connectivity index (χ1n) is 6.66. The van der Waals surface area contributed by atoms with E-state index in [9.17, 15) is 9.18 Å². The highest BCUT2D eigenvalue weighted by Crippen LogP contribution is 2.16. The molecule has 1 N–H and O–H groups in total. The van der Waals surface area contributed by atoms with Gasteiger partial charge in [0.15, 0.2) is 6.61 Å². The molecule has 0 radical (unpaired) electrons. The van der Waals surface area contributed by atoms with Gasteiger partial charge in [-0.1, -0.05) is 0 Å². The van der Waals surface area contributed by atoms with E-state index in [1.165, 1.54) is 24.3 Å². The van der Waals surface area contributed by atoms with Gasteiger partial charge in [-0.3, -0.25) is 4.79 Å². The molecule has 7 heteroatoms. The van der Waals surface area contributed by atoms with Gasteiger partial charge in [0.2, 0.25) is 0 Å². The number of amides is 1. The molecule has 0 aliphatic carbocycles. The predicted octanol–water partition coefficient (Wildman–Crippen LogP) is 2.62. The molecule has 0 spiro atoms. The third kappa shape index (κ3) is 4.92. The lowest BCUT2D eigenvalue weighted by molar-refractivity contribution is -0.123. The van der Waals surface area contributed by atoms with Crippen molar-refractivity contribution < 1.29 is 13.9 Å². The average Bonchev–Trinajstić information content (AvgIpc) is 2.81. The number of rotatable bonds is 6. The van der Waals surface area contributed by atoms with Gasteiger partial charge in [0, 0.05) is 17.5 Å². The monoisotopic (exact) mass is 321 g/mol. The normalized spacial score (nSPS) is 10.9. The highest BCUT2D eigenvalue weighted by Gasteiger charge is 2.03. The highest BCUT2D eigenvalue weighted by molar-refractivity contribution is 7.11. The summed E-state index contributed by atoms with van der Waals surface area (Å²) in [5, 5.41) is 4.87. The molecule has 22 heavy (non-hydrogen) atoms. The molecule has 5 nitrogen and oxygen atoms in total. The standard InChI is InChI=1S/C15H16FN3O2S/c1-10-14(22-11(2)18-10)7-8-17-19-15(20)9-21-13-5-3-12(16)4-6-13/h3-6,8H,7,9H2,1-2H3,(H,19,20). The Labute approximate surface area is 131 Å². The summed E-state index contributed by atoms with van der Waals surface area (Å²) in [6.07, 6.45) is 2.24. The summed E-state index contributed by atoms with van der Waals surface area (Å²) in [5.41, 5.74) is 3.36. The maximum Gasteiger partial charge on any atom is 0.277 e. The first kappa shape index (κ1) is 16.1. The van der Waals surface area contributed by atoms with Gasteiger partial charge in [-0.2, -0.15) is 5.10 Å². The van der Waals surface area contributed by atoms with Gasteiger partial charge in [-0.25, -0.2) is 14.8 Å². The van der Waals surface area contributed by atoms with Crippen molar-refractivity contribution in [2.45, 2.75) is 20.3 Å². The second-order valence-corrected chi connectivity index (χ2v) is 5.82. The van der Waals surface area contributed by atoms with Crippen molar-refractivity contribution in [2.24, 2.45) is 5.10 Å². The maximum absolute atomic E-state index is 12.7. The summed E-state index contributed by atoms with van der Waals surface area (Å²) in [5.74, 6) is -0.302. The molecule has 116 valence electrons. The van der Waals surface area contributed by atoms with E-state index in [2.05, 4.69) is 15.5 Å². The van der Waals surface area contributed by atoms with E-state index in [1.807, 2.05) is 13.8 Å². The Bertz CT molecular complexity index is 668. The largest absolute Gasteiger partial charge is 0.484 e. The van der Waals surface area contributed by atoms with Crippen LogP contribution in [0.4, 0.5) is 4.39 Å². The zero-order valence-electron chi connectivity index (χ0n) is 12.3. The predicted molar refractivity (Wildman–Crippen MR) is 83.8 cm³/mol. The van der Waals surface area contributed by atoms with Crippen molar-refractivity contribution in [1.29, 1.82) is 0 Å². The number of aryl methyl sites for hydroxylation is 2. The number of carbonyl (C=O) groups is 1. The van der Waals surface area contributed by atoms with Crippen LogP contribution in [0.3, 0.4) is 0 Å². The van der Waals surface area contributed by atoms with Crippen LogP contribution in [0, 0.1) is 19.7 Å². The molecule has 1 heterocycles. The molecule has 0 saturated carbocycles. The van der Waals surface area contributed by atoms with Gasteiger partial charge >= 0.3 is 0 Å². The first-order chi connectivity index (χ1) is 10.5. The minimum absolute atomic E-state index is 0.179. The minimum atomic E-state index is -0.377. The second-order valence-electron chi connectivity index (χ2n) is 4.53. The van der Waals surface area contributed by atoms with Crippen LogP contribution >= 0.6 is 11.3 Å². The molecular weight excluding hydrogens is 305 g/mol. The number of aromatic nitrogens is 1. The van der Waals surface area contributed by atoms with Gasteiger partial charge < -0.3 is 4.74 Å². The quantitative estimate of drug-likeness (QED) is 0.657. The van der Waals surface area contributed by atoms with Crippen LogP contribution in [0.2, 0.25) is 0 Å². The number of ether oxygens (including phenoxy) is 1. The Morgan fingerprint density at radius 1 is 1.41 bits per heavy atom. The number of hydrogen-bond donors (Lipinski definition) is 1. The summed E-state index contributed by atoms with van der Waals surface area (Å²) < 4.78 is 17.9. The van der Waals surface area contributed by atoms with Crippen molar-refractivity contribution in [2.75, 3.05) is 6.61 Å². The molecule has 0 aliphatic heterocycles. The van der Waals surface area contributed by atoms with Crippen LogP contribution in [-0.4, -0.2) is 23.7 Å². The zero-order valence-corrected chi connectivity index (χ0v) is 13.1. The molecule has 0 atom stereocenters. The molecule has 2 aromatic rings. The Kier molecular flexibility index (Phi) is 5.60. The molecule has 0 aliphatic rings. The Hall–Kier alpha value is -2.28. The summed E-state index contributed by atoms with van der Waals surface area (Å²) >= 11 is 1.61. The van der Waals surface area contributed by atoms with E-state index in [0.29, 0.717) is 12.2 Å². The number of hydrogen-bond acceptors (Lipinski definition) is 5. The van der Waals surface area contributed by atoms with Crippen LogP contribution in [-0.2, 0) is 11.2 Å². The van der Waals surface area contributed by atoms with Crippen molar-refractivity contribution in [1.82, 2.24) is 10.4 Å². The Morgan fingerprint density at radius 3 is 2.77 bits per heavy atom. The van der Waals surface area contributed by atoms with Gasteiger partial charge in [0.25, 0.3) is 5.91 Å². The van der Waals surface area contributed by atoms with Crippen LogP contribution in [0.25, 0.3) is 0 Å².